The van der Waals surface area contributed by atoms with Crippen molar-refractivity contribution in [1.29, 1.82) is 0 Å². The molecule has 0 fully saturated rings. The van der Waals surface area contributed by atoms with Gasteiger partial charge in [0, 0.05) is 6.92 Å². The molecule has 0 aromatic rings. The Balaban J connectivity index is 4.24. The lowest BCUT2D eigenvalue weighted by Crippen LogP contribution is -2.43. The van der Waals surface area contributed by atoms with Gasteiger partial charge in [0.2, 0.25) is 0 Å². The van der Waals surface area contributed by atoms with Gasteiger partial charge in [-0.2, -0.15) is 0 Å². The number of aliphatic carboxylic acids is 1. The third-order valence-electron chi connectivity index (χ3n) is 1.49. The van der Waals surface area contributed by atoms with Gasteiger partial charge in [0.1, 0.15) is 6.54 Å². The molecule has 1 unspecified atom stereocenters. The Morgan fingerprint density at radius 1 is 1.50 bits per heavy atom. The maximum Gasteiger partial charge on any atom is 0.307 e. The van der Waals surface area contributed by atoms with Gasteiger partial charge >= 0.3 is 5.97 Å². The number of carbonyl (C=O) groups is 1. The molecule has 0 radical (unpaired) electrons. The van der Waals surface area contributed by atoms with Gasteiger partial charge in [-0.15, -0.1) is 0 Å². The third kappa shape index (κ3) is 7.94. The van der Waals surface area contributed by atoms with E-state index in [1.54, 1.807) is 6.92 Å². The summed E-state index contributed by atoms with van der Waals surface area (Å²) in [7, 11) is 5.95. The maximum absolute atomic E-state index is 10.5. The fourth-order valence-corrected chi connectivity index (χ4v) is 1.32. The van der Waals surface area contributed by atoms with E-state index >= 15 is 0 Å². The quantitative estimate of drug-likeness (QED) is 0.552. The predicted octanol–water partition coefficient (Wildman–Crippen LogP) is 0.900. The molecule has 0 saturated carbocycles. The lowest BCUT2D eigenvalue weighted by Gasteiger charge is -2.28. The fraction of sp³-hybridized carbons (Fsp3) is 0.778. The van der Waals surface area contributed by atoms with Crippen molar-refractivity contribution >= 4 is 23.2 Å². The highest BCUT2D eigenvalue weighted by Gasteiger charge is 2.22. The molecule has 0 rings (SSSR count). The monoisotopic (exact) mass is 220 g/mol. The van der Waals surface area contributed by atoms with E-state index in [4.69, 9.17) is 22.1 Å². The van der Waals surface area contributed by atoms with Crippen LogP contribution in [0.3, 0.4) is 0 Å². The molecule has 0 amide bonds. The molecule has 0 heterocycles. The van der Waals surface area contributed by atoms with Crippen LogP contribution in [0.5, 0.6) is 0 Å². The number of nitrogens with zero attached hydrogens (tertiary/aromatic N) is 1. The van der Waals surface area contributed by atoms with Crippen molar-refractivity contribution in [3.8, 4) is 0 Å². The van der Waals surface area contributed by atoms with E-state index in [1.807, 2.05) is 21.1 Å². The van der Waals surface area contributed by atoms with Crippen LogP contribution in [0, 0.1) is 0 Å². The van der Waals surface area contributed by atoms with Crippen molar-refractivity contribution in [2.45, 2.75) is 19.4 Å². The van der Waals surface area contributed by atoms with E-state index in [2.05, 4.69) is 0 Å². The van der Waals surface area contributed by atoms with Gasteiger partial charge < -0.3 is 14.3 Å². The molecule has 14 heavy (non-hydrogen) atoms. The highest BCUT2D eigenvalue weighted by atomic mass is 32.1. The summed E-state index contributed by atoms with van der Waals surface area (Å²) < 4.78 is 5.93. The fourth-order valence-electron chi connectivity index (χ4n) is 1.18. The standard InChI is InChI=1S/C9H17NO3S/c1-7(14)13-8(5-9(11)12)6-10(2,3)4/h8H,5-6H2,1-4H3/p+1. The van der Waals surface area contributed by atoms with E-state index in [9.17, 15) is 4.79 Å². The maximum atomic E-state index is 10.5. The Hall–Kier alpha value is -0.680. The van der Waals surface area contributed by atoms with Crippen LogP contribution in [0.4, 0.5) is 0 Å². The minimum Gasteiger partial charge on any atom is -0.481 e. The number of rotatable bonds is 5. The Kier molecular flexibility index (Phi) is 5.01. The number of quaternary nitrogens is 1. The molecule has 1 atom stereocenters. The van der Waals surface area contributed by atoms with Gasteiger partial charge in [-0.1, -0.05) is 0 Å². The zero-order chi connectivity index (χ0) is 11.4. The summed E-state index contributed by atoms with van der Waals surface area (Å²) in [6, 6.07) is 0. The minimum absolute atomic E-state index is 0.0104. The van der Waals surface area contributed by atoms with Crippen LogP contribution in [0.2, 0.25) is 0 Å². The Labute approximate surface area is 90.1 Å². The normalized spacial score (nSPS) is 13.4. The molecule has 0 aromatic heterocycles. The largest absolute Gasteiger partial charge is 0.481 e. The van der Waals surface area contributed by atoms with Gasteiger partial charge in [0.05, 0.1) is 27.6 Å². The highest BCUT2D eigenvalue weighted by Crippen LogP contribution is 2.05. The van der Waals surface area contributed by atoms with Gasteiger partial charge in [0.15, 0.2) is 11.2 Å². The Morgan fingerprint density at radius 3 is 2.29 bits per heavy atom. The van der Waals surface area contributed by atoms with Crippen LogP contribution in [0.15, 0.2) is 0 Å². The van der Waals surface area contributed by atoms with Gasteiger partial charge in [-0.05, 0) is 12.2 Å². The summed E-state index contributed by atoms with van der Waals surface area (Å²) in [5, 5.41) is 9.06. The van der Waals surface area contributed by atoms with Gasteiger partial charge in [-0.25, -0.2) is 0 Å². The minimum atomic E-state index is -0.861. The topological polar surface area (TPSA) is 46.5 Å². The molecule has 4 nitrogen and oxygen atoms in total. The number of hydrogen-bond donors (Lipinski definition) is 1. The first-order valence-corrected chi connectivity index (χ1v) is 4.81. The molecule has 1 N–H and O–H groups in total. The lowest BCUT2D eigenvalue weighted by atomic mass is 10.2. The molecule has 0 aromatic carbocycles. The second kappa shape index (κ2) is 5.26. The zero-order valence-corrected chi connectivity index (χ0v) is 9.93. The smallest absolute Gasteiger partial charge is 0.307 e. The molecule has 0 bridgehead atoms. The van der Waals surface area contributed by atoms with E-state index in [0.717, 1.165) is 0 Å². The molecular formula is C9H18NO3S+. The number of carboxylic acid groups (broad SMARTS) is 1. The summed E-state index contributed by atoms with van der Waals surface area (Å²) in [6.45, 7) is 2.28. The molecule has 0 aliphatic heterocycles. The first kappa shape index (κ1) is 13.3. The lowest BCUT2D eigenvalue weighted by molar-refractivity contribution is -0.873. The summed E-state index contributed by atoms with van der Waals surface area (Å²) in [5.74, 6) is -0.861. The first-order valence-electron chi connectivity index (χ1n) is 4.40. The van der Waals surface area contributed by atoms with Crippen molar-refractivity contribution in [1.82, 2.24) is 0 Å². The molecule has 0 saturated heterocycles. The van der Waals surface area contributed by atoms with Gasteiger partial charge in [-0.3, -0.25) is 4.79 Å². The van der Waals surface area contributed by atoms with E-state index in [0.29, 0.717) is 16.1 Å². The summed E-state index contributed by atoms with van der Waals surface area (Å²) in [5.41, 5.74) is 0. The van der Waals surface area contributed by atoms with Crippen molar-refractivity contribution in [3.63, 3.8) is 0 Å². The van der Waals surface area contributed by atoms with Gasteiger partial charge in [0.25, 0.3) is 0 Å². The molecule has 0 spiro atoms. The number of hydrogen-bond acceptors (Lipinski definition) is 3. The van der Waals surface area contributed by atoms with E-state index in [1.165, 1.54) is 0 Å². The zero-order valence-electron chi connectivity index (χ0n) is 9.11. The number of likely N-dealkylation sites (N-methyl/N-ethyl adjacent to an activating group) is 1. The average Bonchev–Trinajstić information content (AvgIpc) is 1.77. The van der Waals surface area contributed by atoms with Crippen LogP contribution in [-0.2, 0) is 9.53 Å². The molecule has 0 aliphatic rings. The molecule has 0 aliphatic carbocycles. The Bertz CT molecular complexity index is 207. The van der Waals surface area contributed by atoms with Crippen LogP contribution in [0.25, 0.3) is 0 Å². The van der Waals surface area contributed by atoms with Crippen LogP contribution >= 0.6 is 12.2 Å². The number of carboxylic acids is 1. The van der Waals surface area contributed by atoms with E-state index < -0.39 is 5.97 Å². The third-order valence-corrected chi connectivity index (χ3v) is 1.58. The molecule has 5 heteroatoms. The SMILES string of the molecule is CC(=S)OC(CC(=O)O)C[N+](C)(C)C. The van der Waals surface area contributed by atoms with Crippen molar-refractivity contribution in [2.24, 2.45) is 0 Å². The summed E-state index contributed by atoms with van der Waals surface area (Å²) in [6.07, 6.45) is -0.353. The second-order valence-electron chi connectivity index (χ2n) is 4.30. The first-order chi connectivity index (χ1) is 6.20. The van der Waals surface area contributed by atoms with Crippen LogP contribution in [0.1, 0.15) is 13.3 Å². The van der Waals surface area contributed by atoms with Crippen molar-refractivity contribution in [3.05, 3.63) is 0 Å². The second-order valence-corrected chi connectivity index (χ2v) is 4.88. The number of ether oxygens (including phenoxy) is 1. The molecule has 82 valence electrons. The molecular weight excluding hydrogens is 202 g/mol. The average molecular weight is 220 g/mol. The number of thiocarbonyl (C=S) groups is 1. The van der Waals surface area contributed by atoms with Crippen LogP contribution < -0.4 is 0 Å². The van der Waals surface area contributed by atoms with Crippen molar-refractivity contribution < 1.29 is 19.1 Å². The Morgan fingerprint density at radius 2 is 2.00 bits per heavy atom. The highest BCUT2D eigenvalue weighted by molar-refractivity contribution is 7.80. The van der Waals surface area contributed by atoms with Crippen LogP contribution in [-0.4, -0.2) is 54.4 Å². The predicted molar refractivity (Wildman–Crippen MR) is 58.3 cm³/mol. The van der Waals surface area contributed by atoms with E-state index in [-0.39, 0.29) is 12.5 Å². The summed E-state index contributed by atoms with van der Waals surface area (Å²) in [4.78, 5) is 10.5. The van der Waals surface area contributed by atoms with Crippen molar-refractivity contribution in [2.75, 3.05) is 27.7 Å². The summed E-state index contributed by atoms with van der Waals surface area (Å²) >= 11 is 4.79.